The quantitative estimate of drug-likeness (QED) is 0.603. The fourth-order valence-corrected chi connectivity index (χ4v) is 4.91. The summed E-state index contributed by atoms with van der Waals surface area (Å²) in [4.78, 5) is 17.9. The van der Waals surface area contributed by atoms with E-state index in [-0.39, 0.29) is 17.1 Å². The van der Waals surface area contributed by atoms with E-state index in [0.29, 0.717) is 13.0 Å². The third-order valence-electron chi connectivity index (χ3n) is 6.14. The fourth-order valence-electron chi connectivity index (χ4n) is 4.91. The molecule has 2 aromatic carbocycles. The molecule has 0 amide bonds. The van der Waals surface area contributed by atoms with Gasteiger partial charge in [-0.1, -0.05) is 32.0 Å². The van der Waals surface area contributed by atoms with E-state index in [4.69, 9.17) is 4.74 Å². The maximum absolute atomic E-state index is 13.3. The molecule has 4 heteroatoms. The van der Waals surface area contributed by atoms with Crippen LogP contribution in [-0.2, 0) is 4.79 Å². The largest absolute Gasteiger partial charge is 0.494 e. The van der Waals surface area contributed by atoms with E-state index < -0.39 is 0 Å². The van der Waals surface area contributed by atoms with Crippen molar-refractivity contribution in [3.05, 3.63) is 77.1 Å². The van der Waals surface area contributed by atoms with Crippen LogP contribution in [0.5, 0.6) is 5.75 Å². The third-order valence-corrected chi connectivity index (χ3v) is 6.14. The Morgan fingerprint density at radius 1 is 1.10 bits per heavy atom. The summed E-state index contributed by atoms with van der Waals surface area (Å²) >= 11 is 0. The first-order valence-electron chi connectivity index (χ1n) is 10.6. The maximum atomic E-state index is 13.3. The van der Waals surface area contributed by atoms with Gasteiger partial charge in [0.1, 0.15) is 5.75 Å². The predicted molar refractivity (Wildman–Crippen MR) is 120 cm³/mol. The molecule has 0 saturated carbocycles. The lowest BCUT2D eigenvalue weighted by molar-refractivity contribution is -0.118. The van der Waals surface area contributed by atoms with Crippen molar-refractivity contribution in [3.8, 4) is 5.75 Å². The van der Waals surface area contributed by atoms with Gasteiger partial charge in [-0.2, -0.15) is 0 Å². The summed E-state index contributed by atoms with van der Waals surface area (Å²) in [5, 5.41) is 4.74. The second kappa shape index (κ2) is 6.98. The molecule has 5 rings (SSSR count). The van der Waals surface area contributed by atoms with Gasteiger partial charge in [-0.05, 0) is 60.2 Å². The number of nitrogens with zero attached hydrogens (tertiary/aromatic N) is 1. The number of carbonyl (C=O) groups is 1. The second-order valence-corrected chi connectivity index (χ2v) is 8.99. The minimum Gasteiger partial charge on any atom is -0.494 e. The first-order valence-corrected chi connectivity index (χ1v) is 10.6. The van der Waals surface area contributed by atoms with E-state index in [2.05, 4.69) is 54.5 Å². The van der Waals surface area contributed by atoms with E-state index >= 15 is 0 Å². The highest BCUT2D eigenvalue weighted by Gasteiger charge is 2.40. The number of hydrogen-bond acceptors (Lipinski definition) is 4. The van der Waals surface area contributed by atoms with E-state index in [0.717, 1.165) is 51.2 Å². The van der Waals surface area contributed by atoms with Crippen LogP contribution in [0.25, 0.3) is 10.9 Å². The summed E-state index contributed by atoms with van der Waals surface area (Å²) in [7, 11) is 0. The number of allylic oxidation sites excluding steroid dienone is 2. The molecule has 0 radical (unpaired) electrons. The Bertz CT molecular complexity index is 1180. The number of carbonyl (C=O) groups excluding carboxylic acids is 1. The smallest absolute Gasteiger partial charge is 0.162 e. The summed E-state index contributed by atoms with van der Waals surface area (Å²) in [5.74, 6) is 1.01. The van der Waals surface area contributed by atoms with Gasteiger partial charge in [0.05, 0.1) is 17.8 Å². The summed E-state index contributed by atoms with van der Waals surface area (Å²) < 4.78 is 5.63. The lowest BCUT2D eigenvalue weighted by atomic mass is 9.68. The van der Waals surface area contributed by atoms with Gasteiger partial charge >= 0.3 is 0 Å². The maximum Gasteiger partial charge on any atom is 0.162 e. The summed E-state index contributed by atoms with van der Waals surface area (Å²) in [6.07, 6.45) is 3.25. The van der Waals surface area contributed by atoms with E-state index in [1.165, 1.54) is 0 Å². The Morgan fingerprint density at radius 2 is 1.90 bits per heavy atom. The highest BCUT2D eigenvalue weighted by atomic mass is 16.5. The van der Waals surface area contributed by atoms with Crippen molar-refractivity contribution < 1.29 is 9.53 Å². The Labute approximate surface area is 177 Å². The van der Waals surface area contributed by atoms with Crippen LogP contribution < -0.4 is 10.1 Å². The van der Waals surface area contributed by atoms with Crippen molar-refractivity contribution in [3.63, 3.8) is 0 Å². The average molecular weight is 399 g/mol. The SMILES string of the molecule is CCOc1ccc(C2C3=C(CC(C)(C)CC3=O)Nc3c2ccc2ncccc32)cc1. The standard InChI is InChI=1S/C26H26N2O2/c1-4-30-17-9-7-16(8-10-17)23-19-11-12-20-18(6-5-13-27-20)25(19)28-21-14-26(2,3)15-22(29)24(21)23/h5-13,23,28H,4,14-15H2,1-3H3. The van der Waals surface area contributed by atoms with E-state index in [1.807, 2.05) is 31.3 Å². The number of ketones is 1. The Balaban J connectivity index is 1.72. The first kappa shape index (κ1) is 18.9. The number of nitrogens with one attached hydrogen (secondary N) is 1. The van der Waals surface area contributed by atoms with Gasteiger partial charge in [-0.25, -0.2) is 0 Å². The number of anilines is 1. The Morgan fingerprint density at radius 3 is 2.67 bits per heavy atom. The minimum absolute atomic E-state index is 0.0490. The molecule has 1 unspecified atom stereocenters. The molecule has 0 spiro atoms. The summed E-state index contributed by atoms with van der Waals surface area (Å²) in [6, 6.07) is 16.4. The van der Waals surface area contributed by atoms with E-state index in [1.54, 1.807) is 0 Å². The molecule has 1 atom stereocenters. The average Bonchev–Trinajstić information content (AvgIpc) is 2.72. The monoisotopic (exact) mass is 398 g/mol. The lowest BCUT2D eigenvalue weighted by Crippen LogP contribution is -2.33. The molecule has 2 heterocycles. The van der Waals surface area contributed by atoms with Gasteiger partial charge in [-0.3, -0.25) is 9.78 Å². The number of hydrogen-bond donors (Lipinski definition) is 1. The molecule has 1 aliphatic heterocycles. The Hall–Kier alpha value is -3.14. The lowest BCUT2D eigenvalue weighted by Gasteiger charge is -2.39. The van der Waals surface area contributed by atoms with Crippen LogP contribution in [0.1, 0.15) is 50.7 Å². The molecule has 1 aliphatic carbocycles. The Kier molecular flexibility index (Phi) is 4.39. The van der Waals surface area contributed by atoms with Crippen LogP contribution in [-0.4, -0.2) is 17.4 Å². The van der Waals surface area contributed by atoms with Gasteiger partial charge in [0, 0.05) is 35.2 Å². The highest BCUT2D eigenvalue weighted by Crippen LogP contribution is 2.50. The van der Waals surface area contributed by atoms with Gasteiger partial charge < -0.3 is 10.1 Å². The molecule has 152 valence electrons. The van der Waals surface area contributed by atoms with Gasteiger partial charge in [0.15, 0.2) is 5.78 Å². The molecule has 0 bridgehead atoms. The van der Waals surface area contributed by atoms with Crippen LogP contribution in [0.2, 0.25) is 0 Å². The zero-order valence-electron chi connectivity index (χ0n) is 17.7. The number of Topliss-reactive ketones (excluding diaryl/α,β-unsaturated/α-hetero) is 1. The molecule has 1 N–H and O–H groups in total. The number of rotatable bonds is 3. The third kappa shape index (κ3) is 3.07. The van der Waals surface area contributed by atoms with Crippen molar-refractivity contribution in [2.24, 2.45) is 5.41 Å². The number of aromatic nitrogens is 1. The number of benzene rings is 2. The van der Waals surface area contributed by atoms with Crippen LogP contribution in [0.3, 0.4) is 0 Å². The zero-order valence-corrected chi connectivity index (χ0v) is 17.7. The number of pyridine rings is 1. The van der Waals surface area contributed by atoms with Crippen LogP contribution >= 0.6 is 0 Å². The first-order chi connectivity index (χ1) is 14.5. The van der Waals surface area contributed by atoms with Crippen LogP contribution in [0, 0.1) is 5.41 Å². The molecule has 0 saturated heterocycles. The van der Waals surface area contributed by atoms with Crippen molar-refractivity contribution in [1.29, 1.82) is 0 Å². The van der Waals surface area contributed by atoms with Crippen LogP contribution in [0.4, 0.5) is 5.69 Å². The molecular weight excluding hydrogens is 372 g/mol. The molecule has 0 fully saturated rings. The van der Waals surface area contributed by atoms with Crippen molar-refractivity contribution in [2.45, 2.75) is 39.5 Å². The highest BCUT2D eigenvalue weighted by molar-refractivity contribution is 6.04. The van der Waals surface area contributed by atoms with Gasteiger partial charge in [-0.15, -0.1) is 0 Å². The molecular formula is C26H26N2O2. The summed E-state index contributed by atoms with van der Waals surface area (Å²) in [6.45, 7) is 6.96. The van der Waals surface area contributed by atoms with Crippen molar-refractivity contribution in [1.82, 2.24) is 4.98 Å². The van der Waals surface area contributed by atoms with Crippen molar-refractivity contribution >= 4 is 22.4 Å². The van der Waals surface area contributed by atoms with E-state index in [9.17, 15) is 4.79 Å². The number of ether oxygens (including phenoxy) is 1. The molecule has 1 aromatic heterocycles. The topological polar surface area (TPSA) is 51.2 Å². The molecule has 30 heavy (non-hydrogen) atoms. The second-order valence-electron chi connectivity index (χ2n) is 8.99. The molecule has 2 aliphatic rings. The van der Waals surface area contributed by atoms with Crippen LogP contribution in [0.15, 0.2) is 66.0 Å². The van der Waals surface area contributed by atoms with Gasteiger partial charge in [0.25, 0.3) is 0 Å². The minimum atomic E-state index is -0.0832. The molecule has 3 aromatic rings. The number of fused-ring (bicyclic) bond motifs is 3. The zero-order chi connectivity index (χ0) is 20.9. The van der Waals surface area contributed by atoms with Gasteiger partial charge in [0.2, 0.25) is 0 Å². The summed E-state index contributed by atoms with van der Waals surface area (Å²) in [5.41, 5.74) is 6.19. The van der Waals surface area contributed by atoms with Crippen molar-refractivity contribution in [2.75, 3.05) is 11.9 Å². The molecule has 4 nitrogen and oxygen atoms in total. The fraction of sp³-hybridized carbons (Fsp3) is 0.308. The normalized spacial score (nSPS) is 19.8. The predicted octanol–water partition coefficient (Wildman–Crippen LogP) is 5.83.